The first-order chi connectivity index (χ1) is 13.7. The number of amides is 1. The number of hydrogen-bond acceptors (Lipinski definition) is 4. The van der Waals surface area contributed by atoms with E-state index in [0.717, 1.165) is 12.1 Å². The summed E-state index contributed by atoms with van der Waals surface area (Å²) in [5.74, 6) is -0.163. The molecule has 2 atom stereocenters. The van der Waals surface area contributed by atoms with Crippen LogP contribution in [0, 0.1) is 0 Å². The highest BCUT2D eigenvalue weighted by molar-refractivity contribution is 5.84. The van der Waals surface area contributed by atoms with Gasteiger partial charge in [-0.2, -0.15) is 0 Å². The van der Waals surface area contributed by atoms with E-state index in [9.17, 15) is 22.4 Å². The Morgan fingerprint density at radius 3 is 2.14 bits per heavy atom. The molecule has 1 aliphatic heterocycles. The molecule has 0 spiro atoms. The van der Waals surface area contributed by atoms with E-state index in [-0.39, 0.29) is 18.7 Å². The fourth-order valence-electron chi connectivity index (χ4n) is 3.42. The van der Waals surface area contributed by atoms with Crippen LogP contribution in [-0.2, 0) is 11.3 Å². The van der Waals surface area contributed by atoms with Crippen molar-refractivity contribution in [2.45, 2.75) is 31.5 Å². The van der Waals surface area contributed by atoms with Gasteiger partial charge in [0.25, 0.3) is 5.91 Å². The van der Waals surface area contributed by atoms with E-state index in [0.29, 0.717) is 22.6 Å². The van der Waals surface area contributed by atoms with Crippen molar-refractivity contribution in [3.8, 4) is 17.2 Å². The number of nitrogens with zero attached hydrogens (tertiary/aromatic N) is 1. The molecule has 2 aromatic rings. The first-order valence-electron chi connectivity index (χ1n) is 8.73. The Morgan fingerprint density at radius 1 is 1.03 bits per heavy atom. The zero-order chi connectivity index (χ0) is 21.2. The summed E-state index contributed by atoms with van der Waals surface area (Å²) in [5, 5.41) is 0. The van der Waals surface area contributed by atoms with Crippen molar-refractivity contribution in [2.24, 2.45) is 0 Å². The summed E-state index contributed by atoms with van der Waals surface area (Å²) in [7, 11) is 2.93. The SMILES string of the molecule is COc1cccc(OC)c1[C@H]1C[C@H](F)C(=O)N1Cc1ccc(OC(F)(F)F)cc1. The second-order valence-electron chi connectivity index (χ2n) is 6.45. The Bertz CT molecular complexity index is 848. The Labute approximate surface area is 164 Å². The maximum absolute atomic E-state index is 14.3. The van der Waals surface area contributed by atoms with Crippen molar-refractivity contribution in [1.82, 2.24) is 4.90 Å². The van der Waals surface area contributed by atoms with E-state index in [2.05, 4.69) is 4.74 Å². The maximum Gasteiger partial charge on any atom is 0.573 e. The molecular formula is C20H19F4NO4. The molecule has 0 saturated carbocycles. The van der Waals surface area contributed by atoms with Gasteiger partial charge in [0.15, 0.2) is 6.17 Å². The highest BCUT2D eigenvalue weighted by Crippen LogP contribution is 2.44. The number of rotatable bonds is 6. The smallest absolute Gasteiger partial charge is 0.496 e. The van der Waals surface area contributed by atoms with Gasteiger partial charge in [-0.15, -0.1) is 13.2 Å². The number of ether oxygens (including phenoxy) is 3. The molecule has 0 radical (unpaired) electrons. The lowest BCUT2D eigenvalue weighted by Crippen LogP contribution is -2.30. The molecule has 0 N–H and O–H groups in total. The molecule has 5 nitrogen and oxygen atoms in total. The van der Waals surface area contributed by atoms with Crippen LogP contribution >= 0.6 is 0 Å². The molecule has 1 fully saturated rings. The van der Waals surface area contributed by atoms with E-state index in [1.165, 1.54) is 31.3 Å². The summed E-state index contributed by atoms with van der Waals surface area (Å²) >= 11 is 0. The van der Waals surface area contributed by atoms with E-state index in [1.54, 1.807) is 18.2 Å². The molecule has 156 valence electrons. The zero-order valence-electron chi connectivity index (χ0n) is 15.7. The molecule has 0 unspecified atom stereocenters. The first-order valence-corrected chi connectivity index (χ1v) is 8.73. The van der Waals surface area contributed by atoms with Gasteiger partial charge in [0.1, 0.15) is 17.2 Å². The molecule has 1 amide bonds. The highest BCUT2D eigenvalue weighted by Gasteiger charge is 2.43. The Morgan fingerprint density at radius 2 is 1.62 bits per heavy atom. The molecule has 29 heavy (non-hydrogen) atoms. The van der Waals surface area contributed by atoms with Crippen LogP contribution in [0.3, 0.4) is 0 Å². The fraction of sp³-hybridized carbons (Fsp3) is 0.350. The van der Waals surface area contributed by atoms with E-state index < -0.39 is 24.5 Å². The number of methoxy groups -OCH3 is 2. The minimum absolute atomic E-state index is 0.0113. The second-order valence-corrected chi connectivity index (χ2v) is 6.45. The van der Waals surface area contributed by atoms with Crippen LogP contribution in [0.1, 0.15) is 23.6 Å². The van der Waals surface area contributed by atoms with Crippen molar-refractivity contribution < 1.29 is 36.6 Å². The molecule has 1 heterocycles. The quantitative estimate of drug-likeness (QED) is 0.658. The van der Waals surface area contributed by atoms with Crippen molar-refractivity contribution >= 4 is 5.91 Å². The summed E-state index contributed by atoms with van der Waals surface area (Å²) in [6, 6.07) is 9.55. The Balaban J connectivity index is 1.89. The van der Waals surface area contributed by atoms with Gasteiger partial charge >= 0.3 is 6.36 Å². The number of alkyl halides is 4. The average Bonchev–Trinajstić information content (AvgIpc) is 2.95. The number of carbonyl (C=O) groups is 1. The van der Waals surface area contributed by atoms with Crippen LogP contribution in [0.15, 0.2) is 42.5 Å². The molecule has 0 aliphatic carbocycles. The normalized spacial score (nSPS) is 19.4. The number of hydrogen-bond donors (Lipinski definition) is 0. The topological polar surface area (TPSA) is 48.0 Å². The van der Waals surface area contributed by atoms with E-state index in [4.69, 9.17) is 9.47 Å². The number of carbonyl (C=O) groups excluding carboxylic acids is 1. The zero-order valence-corrected chi connectivity index (χ0v) is 15.7. The van der Waals surface area contributed by atoms with Crippen LogP contribution in [0.4, 0.5) is 17.6 Å². The maximum atomic E-state index is 14.3. The molecule has 9 heteroatoms. The van der Waals surface area contributed by atoms with E-state index >= 15 is 0 Å². The van der Waals surface area contributed by atoms with Crippen LogP contribution in [0.25, 0.3) is 0 Å². The van der Waals surface area contributed by atoms with Crippen molar-refractivity contribution in [3.63, 3.8) is 0 Å². The third-order valence-electron chi connectivity index (χ3n) is 4.67. The standard InChI is InChI=1S/C20H19F4NO4/c1-27-16-4-3-5-17(28-2)18(16)15-10-14(21)19(26)25(15)11-12-6-8-13(9-7-12)29-20(22,23)24/h3-9,14-15H,10-11H2,1-2H3/t14-,15+/m0/s1. The fourth-order valence-corrected chi connectivity index (χ4v) is 3.42. The average molecular weight is 413 g/mol. The number of likely N-dealkylation sites (tertiary alicyclic amines) is 1. The van der Waals surface area contributed by atoms with Crippen LogP contribution in [0.2, 0.25) is 0 Å². The highest BCUT2D eigenvalue weighted by atomic mass is 19.4. The molecule has 3 rings (SSSR count). The molecule has 1 aliphatic rings. The molecule has 2 aromatic carbocycles. The van der Waals surface area contributed by atoms with Crippen molar-refractivity contribution in [1.29, 1.82) is 0 Å². The van der Waals surface area contributed by atoms with Crippen molar-refractivity contribution in [2.75, 3.05) is 14.2 Å². The summed E-state index contributed by atoms with van der Waals surface area (Å²) in [6.07, 6.45) is -6.56. The van der Waals surface area contributed by atoms with E-state index in [1.807, 2.05) is 0 Å². The minimum atomic E-state index is -4.79. The third-order valence-corrected chi connectivity index (χ3v) is 4.67. The van der Waals surface area contributed by atoms with Gasteiger partial charge in [-0.1, -0.05) is 18.2 Å². The van der Waals surface area contributed by atoms with Gasteiger partial charge in [0.2, 0.25) is 0 Å². The second kappa shape index (κ2) is 8.18. The predicted octanol–water partition coefficient (Wildman–Crippen LogP) is 4.41. The lowest BCUT2D eigenvalue weighted by Gasteiger charge is -2.27. The third kappa shape index (κ3) is 4.55. The Hall–Kier alpha value is -2.97. The van der Waals surface area contributed by atoms with Gasteiger partial charge in [0, 0.05) is 13.0 Å². The van der Waals surface area contributed by atoms with Gasteiger partial charge in [-0.05, 0) is 29.8 Å². The summed E-state index contributed by atoms with van der Waals surface area (Å²) in [6.45, 7) is 0.0113. The summed E-state index contributed by atoms with van der Waals surface area (Å²) in [5.41, 5.74) is 1.07. The van der Waals surface area contributed by atoms with Gasteiger partial charge in [-0.25, -0.2) is 4.39 Å². The van der Waals surface area contributed by atoms with Gasteiger partial charge in [0.05, 0.1) is 25.8 Å². The molecule has 0 bridgehead atoms. The van der Waals surface area contributed by atoms with Gasteiger partial charge < -0.3 is 19.1 Å². The lowest BCUT2D eigenvalue weighted by molar-refractivity contribution is -0.274. The van der Waals surface area contributed by atoms with Crippen LogP contribution in [-0.4, -0.2) is 37.6 Å². The number of halogens is 4. The summed E-state index contributed by atoms with van der Waals surface area (Å²) < 4.78 is 65.8. The van der Waals surface area contributed by atoms with Crippen LogP contribution in [0.5, 0.6) is 17.2 Å². The molecule has 0 aromatic heterocycles. The summed E-state index contributed by atoms with van der Waals surface area (Å²) in [4.78, 5) is 13.8. The minimum Gasteiger partial charge on any atom is -0.496 e. The predicted molar refractivity (Wildman–Crippen MR) is 95.5 cm³/mol. The van der Waals surface area contributed by atoms with Crippen LogP contribution < -0.4 is 14.2 Å². The Kier molecular flexibility index (Phi) is 5.86. The van der Waals surface area contributed by atoms with Gasteiger partial charge in [-0.3, -0.25) is 4.79 Å². The largest absolute Gasteiger partial charge is 0.573 e. The molecule has 1 saturated heterocycles. The van der Waals surface area contributed by atoms with Crippen molar-refractivity contribution in [3.05, 3.63) is 53.6 Å². The molecular weight excluding hydrogens is 394 g/mol. The monoisotopic (exact) mass is 413 g/mol. The number of benzene rings is 2. The lowest BCUT2D eigenvalue weighted by atomic mass is 10.0. The first kappa shape index (κ1) is 20.8.